The van der Waals surface area contributed by atoms with Crippen LogP contribution >= 0.6 is 11.3 Å². The lowest BCUT2D eigenvalue weighted by atomic mass is 10.2. The van der Waals surface area contributed by atoms with Gasteiger partial charge in [-0.2, -0.15) is 0 Å². The molecule has 0 aliphatic heterocycles. The third kappa shape index (κ3) is 4.80. The number of rotatable bonds is 8. The van der Waals surface area contributed by atoms with Gasteiger partial charge in [-0.1, -0.05) is 6.07 Å². The van der Waals surface area contributed by atoms with E-state index in [0.717, 1.165) is 39.9 Å². The summed E-state index contributed by atoms with van der Waals surface area (Å²) >= 11 is 1.68. The van der Waals surface area contributed by atoms with Gasteiger partial charge >= 0.3 is 0 Å². The summed E-state index contributed by atoms with van der Waals surface area (Å²) in [7, 11) is 1.66. The Hall–Kier alpha value is -2.44. The summed E-state index contributed by atoms with van der Waals surface area (Å²) in [6.45, 7) is 5.36. The normalized spacial score (nSPS) is 12.0. The predicted octanol–water partition coefficient (Wildman–Crippen LogP) is 4.28. The summed E-state index contributed by atoms with van der Waals surface area (Å²) in [6, 6.07) is 10.1. The average Bonchev–Trinajstić information content (AvgIpc) is 3.12. The summed E-state index contributed by atoms with van der Waals surface area (Å²) in [5, 5.41) is 6.68. The van der Waals surface area contributed by atoms with E-state index in [1.807, 2.05) is 31.2 Å². The Morgan fingerprint density at radius 2 is 1.92 bits per heavy atom. The van der Waals surface area contributed by atoms with Gasteiger partial charge in [-0.3, -0.25) is 4.98 Å². The fraction of sp³-hybridized carbons (Fsp3) is 0.300. The number of benzene rings is 1. The van der Waals surface area contributed by atoms with Crippen LogP contribution < -0.4 is 14.8 Å². The number of hydrogen-bond donors (Lipinski definition) is 1. The van der Waals surface area contributed by atoms with E-state index < -0.39 is 0 Å². The highest BCUT2D eigenvalue weighted by molar-refractivity contribution is 7.09. The monoisotopic (exact) mass is 369 g/mol. The molecular formula is C20H23N3O2S. The predicted molar refractivity (Wildman–Crippen MR) is 104 cm³/mol. The van der Waals surface area contributed by atoms with Crippen LogP contribution in [0.3, 0.4) is 0 Å². The van der Waals surface area contributed by atoms with Crippen molar-refractivity contribution in [1.29, 1.82) is 0 Å². The van der Waals surface area contributed by atoms with Gasteiger partial charge in [0.15, 0.2) is 11.5 Å². The zero-order valence-corrected chi connectivity index (χ0v) is 16.0. The van der Waals surface area contributed by atoms with Crippen LogP contribution in [0.15, 0.2) is 48.1 Å². The first kappa shape index (κ1) is 18.4. The number of pyridine rings is 1. The van der Waals surface area contributed by atoms with E-state index in [0.29, 0.717) is 6.61 Å². The second kappa shape index (κ2) is 8.78. The maximum atomic E-state index is 5.89. The van der Waals surface area contributed by atoms with Gasteiger partial charge in [0.25, 0.3) is 0 Å². The highest BCUT2D eigenvalue weighted by Gasteiger charge is 2.10. The lowest BCUT2D eigenvalue weighted by Gasteiger charge is -2.14. The van der Waals surface area contributed by atoms with Crippen LogP contribution in [0, 0.1) is 6.92 Å². The molecule has 2 aromatic heterocycles. The molecule has 0 bridgehead atoms. The molecular weight excluding hydrogens is 346 g/mol. The summed E-state index contributed by atoms with van der Waals surface area (Å²) in [5.74, 6) is 1.47. The fourth-order valence-corrected chi connectivity index (χ4v) is 3.34. The minimum Gasteiger partial charge on any atom is -0.493 e. The van der Waals surface area contributed by atoms with Gasteiger partial charge < -0.3 is 14.8 Å². The third-order valence-corrected chi connectivity index (χ3v) is 5.14. The molecule has 1 atom stereocenters. The topological polar surface area (TPSA) is 56.3 Å². The van der Waals surface area contributed by atoms with E-state index in [2.05, 4.69) is 33.7 Å². The fourth-order valence-electron chi connectivity index (χ4n) is 2.51. The van der Waals surface area contributed by atoms with E-state index in [-0.39, 0.29) is 6.04 Å². The van der Waals surface area contributed by atoms with E-state index in [9.17, 15) is 0 Å². The first-order chi connectivity index (χ1) is 12.7. The van der Waals surface area contributed by atoms with Crippen molar-refractivity contribution in [3.05, 3.63) is 69.9 Å². The Kier molecular flexibility index (Phi) is 6.20. The van der Waals surface area contributed by atoms with E-state index in [4.69, 9.17) is 9.47 Å². The molecule has 0 aliphatic rings. The smallest absolute Gasteiger partial charge is 0.161 e. The molecule has 2 heterocycles. The standard InChI is InChI=1S/C20H23N3O2S/c1-14-13-26-20(23-14)15(2)22-11-17-4-5-18(19(10-17)24-3)25-12-16-6-8-21-9-7-16/h4-10,13,15,22H,11-12H2,1-3H3. The Morgan fingerprint density at radius 3 is 2.62 bits per heavy atom. The van der Waals surface area contributed by atoms with Gasteiger partial charge in [-0.15, -0.1) is 11.3 Å². The summed E-state index contributed by atoms with van der Waals surface area (Å²) in [5.41, 5.74) is 3.27. The lowest BCUT2D eigenvalue weighted by Crippen LogP contribution is -2.18. The second-order valence-electron chi connectivity index (χ2n) is 6.06. The highest BCUT2D eigenvalue weighted by Crippen LogP contribution is 2.29. The molecule has 5 nitrogen and oxygen atoms in total. The molecule has 0 spiro atoms. The van der Waals surface area contributed by atoms with Crippen molar-refractivity contribution in [3.63, 3.8) is 0 Å². The van der Waals surface area contributed by atoms with Crippen molar-refractivity contribution >= 4 is 11.3 Å². The van der Waals surface area contributed by atoms with Crippen LogP contribution in [-0.2, 0) is 13.2 Å². The first-order valence-electron chi connectivity index (χ1n) is 8.49. The average molecular weight is 369 g/mol. The quantitative estimate of drug-likeness (QED) is 0.642. The Morgan fingerprint density at radius 1 is 1.12 bits per heavy atom. The zero-order valence-electron chi connectivity index (χ0n) is 15.2. The van der Waals surface area contributed by atoms with Gasteiger partial charge in [-0.25, -0.2) is 4.98 Å². The van der Waals surface area contributed by atoms with Crippen molar-refractivity contribution in [2.45, 2.75) is 33.0 Å². The number of aromatic nitrogens is 2. The number of nitrogens with one attached hydrogen (secondary N) is 1. The minimum absolute atomic E-state index is 0.210. The van der Waals surface area contributed by atoms with Crippen LogP contribution in [-0.4, -0.2) is 17.1 Å². The van der Waals surface area contributed by atoms with Crippen LogP contribution in [0.25, 0.3) is 0 Å². The molecule has 0 amide bonds. The molecule has 1 N–H and O–H groups in total. The van der Waals surface area contributed by atoms with Gasteiger partial charge in [-0.05, 0) is 49.2 Å². The van der Waals surface area contributed by atoms with Gasteiger partial charge in [0, 0.05) is 30.0 Å². The number of aryl methyl sites for hydroxylation is 1. The molecule has 136 valence electrons. The number of ether oxygens (including phenoxy) is 2. The number of methoxy groups -OCH3 is 1. The summed E-state index contributed by atoms with van der Waals surface area (Å²) in [4.78, 5) is 8.54. The molecule has 1 aromatic carbocycles. The Balaban J connectivity index is 1.60. The van der Waals surface area contributed by atoms with Crippen LogP contribution in [0.1, 0.15) is 34.8 Å². The van der Waals surface area contributed by atoms with E-state index in [1.165, 1.54) is 0 Å². The molecule has 1 unspecified atom stereocenters. The summed E-state index contributed by atoms with van der Waals surface area (Å²) < 4.78 is 11.4. The molecule has 3 aromatic rings. The van der Waals surface area contributed by atoms with E-state index >= 15 is 0 Å². The summed E-state index contributed by atoms with van der Waals surface area (Å²) in [6.07, 6.45) is 3.52. The molecule has 3 rings (SSSR count). The molecule has 0 saturated heterocycles. The zero-order chi connectivity index (χ0) is 18.4. The Labute approximate surface area is 158 Å². The van der Waals surface area contributed by atoms with Crippen LogP contribution in [0.4, 0.5) is 0 Å². The van der Waals surface area contributed by atoms with Crippen molar-refractivity contribution in [1.82, 2.24) is 15.3 Å². The molecule has 0 aliphatic carbocycles. The van der Waals surface area contributed by atoms with Gasteiger partial charge in [0.2, 0.25) is 0 Å². The maximum absolute atomic E-state index is 5.89. The maximum Gasteiger partial charge on any atom is 0.161 e. The van der Waals surface area contributed by atoms with Crippen LogP contribution in [0.5, 0.6) is 11.5 Å². The Bertz CT molecular complexity index is 836. The minimum atomic E-state index is 0.210. The molecule has 26 heavy (non-hydrogen) atoms. The van der Waals surface area contributed by atoms with Gasteiger partial charge in [0.1, 0.15) is 11.6 Å². The van der Waals surface area contributed by atoms with E-state index in [1.54, 1.807) is 30.8 Å². The number of nitrogens with zero attached hydrogens (tertiary/aromatic N) is 2. The lowest BCUT2D eigenvalue weighted by molar-refractivity contribution is 0.284. The molecule has 0 radical (unpaired) electrons. The third-order valence-electron chi connectivity index (χ3n) is 3.99. The van der Waals surface area contributed by atoms with Gasteiger partial charge in [0.05, 0.1) is 13.2 Å². The molecule has 0 fully saturated rings. The van der Waals surface area contributed by atoms with Crippen molar-refractivity contribution < 1.29 is 9.47 Å². The number of hydrogen-bond acceptors (Lipinski definition) is 6. The number of thiazole rings is 1. The molecule has 0 saturated carbocycles. The van der Waals surface area contributed by atoms with Crippen molar-refractivity contribution in [3.8, 4) is 11.5 Å². The SMILES string of the molecule is COc1cc(CNC(C)c2nc(C)cs2)ccc1OCc1ccncc1. The highest BCUT2D eigenvalue weighted by atomic mass is 32.1. The largest absolute Gasteiger partial charge is 0.493 e. The van der Waals surface area contributed by atoms with Crippen molar-refractivity contribution in [2.75, 3.05) is 7.11 Å². The second-order valence-corrected chi connectivity index (χ2v) is 6.95. The first-order valence-corrected chi connectivity index (χ1v) is 9.37. The molecule has 6 heteroatoms. The van der Waals surface area contributed by atoms with Crippen molar-refractivity contribution in [2.24, 2.45) is 0 Å². The van der Waals surface area contributed by atoms with Crippen LogP contribution in [0.2, 0.25) is 0 Å².